The van der Waals surface area contributed by atoms with Crippen molar-refractivity contribution >= 4 is 23.0 Å². The van der Waals surface area contributed by atoms with Crippen LogP contribution in [0, 0.1) is 0 Å². The van der Waals surface area contributed by atoms with Crippen LogP contribution in [0.15, 0.2) is 36.4 Å². The molecule has 1 N–H and O–H groups in total. The van der Waals surface area contributed by atoms with Gasteiger partial charge in [0.05, 0.1) is 57.6 Å². The summed E-state index contributed by atoms with van der Waals surface area (Å²) >= 11 is 0. The van der Waals surface area contributed by atoms with Crippen molar-refractivity contribution < 1.29 is 23.7 Å². The molecule has 2 aliphatic rings. The molecule has 2 aromatic carbocycles. The molecule has 2 saturated heterocycles. The van der Waals surface area contributed by atoms with Gasteiger partial charge in [-0.3, -0.25) is 4.79 Å². The van der Waals surface area contributed by atoms with Crippen LogP contribution in [0.3, 0.4) is 0 Å². The van der Waals surface area contributed by atoms with E-state index < -0.39 is 0 Å². The Morgan fingerprint density at radius 1 is 0.871 bits per heavy atom. The Balaban J connectivity index is 1.64. The van der Waals surface area contributed by atoms with E-state index in [0.717, 1.165) is 56.5 Å². The van der Waals surface area contributed by atoms with Crippen LogP contribution in [0.2, 0.25) is 0 Å². The SMILES string of the molecule is COc1ccc(OC)c(C(=O)Nc2ccc(N3CCOCC3)cc2N2CCOCC2)c1. The van der Waals surface area contributed by atoms with Crippen molar-refractivity contribution in [1.29, 1.82) is 0 Å². The second kappa shape index (κ2) is 9.89. The molecule has 0 atom stereocenters. The van der Waals surface area contributed by atoms with E-state index in [9.17, 15) is 4.79 Å². The van der Waals surface area contributed by atoms with Crippen LogP contribution in [0.4, 0.5) is 17.1 Å². The molecule has 0 aromatic heterocycles. The molecule has 1 amide bonds. The quantitative estimate of drug-likeness (QED) is 0.760. The Bertz CT molecular complexity index is 908. The summed E-state index contributed by atoms with van der Waals surface area (Å²) in [7, 11) is 3.12. The Hall–Kier alpha value is -2.97. The molecule has 4 rings (SSSR count). The van der Waals surface area contributed by atoms with Crippen molar-refractivity contribution in [1.82, 2.24) is 0 Å². The first-order valence-corrected chi connectivity index (χ1v) is 10.5. The molecule has 166 valence electrons. The summed E-state index contributed by atoms with van der Waals surface area (Å²) in [5.74, 6) is 0.850. The first kappa shape index (κ1) is 21.3. The second-order valence-electron chi connectivity index (χ2n) is 7.42. The average Bonchev–Trinajstić information content (AvgIpc) is 2.85. The maximum absolute atomic E-state index is 13.2. The van der Waals surface area contributed by atoms with Gasteiger partial charge in [-0.2, -0.15) is 0 Å². The number of ether oxygens (including phenoxy) is 4. The number of hydrogen-bond donors (Lipinski definition) is 1. The molecule has 8 heteroatoms. The molecule has 0 saturated carbocycles. The summed E-state index contributed by atoms with van der Waals surface area (Å²) in [6.07, 6.45) is 0. The van der Waals surface area contributed by atoms with Crippen LogP contribution < -0.4 is 24.6 Å². The highest BCUT2D eigenvalue weighted by Gasteiger charge is 2.21. The number of carbonyl (C=O) groups excluding carboxylic acids is 1. The molecule has 0 unspecified atom stereocenters. The van der Waals surface area contributed by atoms with Crippen molar-refractivity contribution in [3.05, 3.63) is 42.0 Å². The highest BCUT2D eigenvalue weighted by molar-refractivity contribution is 6.08. The highest BCUT2D eigenvalue weighted by Crippen LogP contribution is 2.33. The first-order chi connectivity index (χ1) is 15.2. The number of anilines is 3. The van der Waals surface area contributed by atoms with Gasteiger partial charge in [0.2, 0.25) is 0 Å². The smallest absolute Gasteiger partial charge is 0.259 e. The minimum Gasteiger partial charge on any atom is -0.497 e. The highest BCUT2D eigenvalue weighted by atomic mass is 16.5. The molecular formula is C23H29N3O5. The molecule has 8 nitrogen and oxygen atoms in total. The molecule has 31 heavy (non-hydrogen) atoms. The van der Waals surface area contributed by atoms with Crippen LogP contribution in [-0.4, -0.2) is 72.7 Å². The first-order valence-electron chi connectivity index (χ1n) is 10.5. The maximum Gasteiger partial charge on any atom is 0.259 e. The Kier molecular flexibility index (Phi) is 6.79. The Labute approximate surface area is 182 Å². The van der Waals surface area contributed by atoms with Crippen molar-refractivity contribution in [3.63, 3.8) is 0 Å². The van der Waals surface area contributed by atoms with E-state index >= 15 is 0 Å². The van der Waals surface area contributed by atoms with Gasteiger partial charge >= 0.3 is 0 Å². The molecule has 2 aromatic rings. The van der Waals surface area contributed by atoms with Crippen LogP contribution in [0.1, 0.15) is 10.4 Å². The summed E-state index contributed by atoms with van der Waals surface area (Å²) in [5, 5.41) is 3.08. The molecule has 0 aliphatic carbocycles. The second-order valence-corrected chi connectivity index (χ2v) is 7.42. The van der Waals surface area contributed by atoms with E-state index in [1.807, 2.05) is 12.1 Å². The van der Waals surface area contributed by atoms with Crippen LogP contribution >= 0.6 is 0 Å². The average molecular weight is 428 g/mol. The third-order valence-corrected chi connectivity index (χ3v) is 5.61. The maximum atomic E-state index is 13.2. The number of benzene rings is 2. The lowest BCUT2D eigenvalue weighted by Gasteiger charge is -2.33. The summed E-state index contributed by atoms with van der Waals surface area (Å²) in [4.78, 5) is 17.7. The molecule has 2 heterocycles. The standard InChI is InChI=1S/C23H29N3O5/c1-28-18-4-6-22(29-2)19(16-18)23(27)24-20-5-3-17(25-7-11-30-12-8-25)15-21(20)26-9-13-31-14-10-26/h3-6,15-16H,7-14H2,1-2H3,(H,24,27). The fourth-order valence-corrected chi connectivity index (χ4v) is 3.89. The zero-order valence-electron chi connectivity index (χ0n) is 18.1. The number of methoxy groups -OCH3 is 2. The fraction of sp³-hybridized carbons (Fsp3) is 0.435. The van der Waals surface area contributed by atoms with E-state index in [1.54, 1.807) is 32.4 Å². The zero-order chi connectivity index (χ0) is 21.6. The summed E-state index contributed by atoms with van der Waals surface area (Å²) in [6, 6.07) is 11.4. The van der Waals surface area contributed by atoms with E-state index in [4.69, 9.17) is 18.9 Å². The topological polar surface area (TPSA) is 72.5 Å². The summed E-state index contributed by atoms with van der Waals surface area (Å²) in [6.45, 7) is 6.04. The molecule has 2 aliphatic heterocycles. The summed E-state index contributed by atoms with van der Waals surface area (Å²) in [5.41, 5.74) is 3.30. The number of hydrogen-bond acceptors (Lipinski definition) is 7. The third kappa shape index (κ3) is 4.86. The molecule has 0 spiro atoms. The van der Waals surface area contributed by atoms with E-state index in [1.165, 1.54) is 0 Å². The molecule has 0 bridgehead atoms. The van der Waals surface area contributed by atoms with Crippen LogP contribution in [0.25, 0.3) is 0 Å². The largest absolute Gasteiger partial charge is 0.497 e. The van der Waals surface area contributed by atoms with Gasteiger partial charge in [0.15, 0.2) is 0 Å². The van der Waals surface area contributed by atoms with Gasteiger partial charge in [-0.05, 0) is 36.4 Å². The molecule has 2 fully saturated rings. The number of carbonyl (C=O) groups is 1. The van der Waals surface area contributed by atoms with Crippen molar-refractivity contribution in [2.45, 2.75) is 0 Å². The van der Waals surface area contributed by atoms with Crippen LogP contribution in [0.5, 0.6) is 11.5 Å². The Morgan fingerprint density at radius 2 is 1.55 bits per heavy atom. The van der Waals surface area contributed by atoms with Gasteiger partial charge in [-0.25, -0.2) is 0 Å². The molecular weight excluding hydrogens is 398 g/mol. The van der Waals surface area contributed by atoms with Crippen molar-refractivity contribution in [2.75, 3.05) is 81.9 Å². The van der Waals surface area contributed by atoms with Gasteiger partial charge in [0.25, 0.3) is 5.91 Å². The van der Waals surface area contributed by atoms with Gasteiger partial charge in [-0.1, -0.05) is 0 Å². The summed E-state index contributed by atoms with van der Waals surface area (Å²) < 4.78 is 21.7. The number of morpholine rings is 2. The predicted molar refractivity (Wildman–Crippen MR) is 120 cm³/mol. The predicted octanol–water partition coefficient (Wildman–Crippen LogP) is 2.63. The number of nitrogens with one attached hydrogen (secondary N) is 1. The van der Waals surface area contributed by atoms with Gasteiger partial charge in [-0.15, -0.1) is 0 Å². The lowest BCUT2D eigenvalue weighted by atomic mass is 10.1. The van der Waals surface area contributed by atoms with Crippen molar-refractivity contribution in [2.24, 2.45) is 0 Å². The molecule has 0 radical (unpaired) electrons. The monoisotopic (exact) mass is 427 g/mol. The van der Waals surface area contributed by atoms with Gasteiger partial charge < -0.3 is 34.1 Å². The van der Waals surface area contributed by atoms with E-state index in [0.29, 0.717) is 30.3 Å². The number of rotatable bonds is 6. The Morgan fingerprint density at radius 3 is 2.19 bits per heavy atom. The number of nitrogens with zero attached hydrogens (tertiary/aromatic N) is 2. The van der Waals surface area contributed by atoms with Gasteiger partial charge in [0.1, 0.15) is 11.5 Å². The van der Waals surface area contributed by atoms with Crippen molar-refractivity contribution in [3.8, 4) is 11.5 Å². The van der Waals surface area contributed by atoms with E-state index in [2.05, 4.69) is 21.2 Å². The lowest BCUT2D eigenvalue weighted by Crippen LogP contribution is -2.38. The van der Waals surface area contributed by atoms with Gasteiger partial charge in [0, 0.05) is 31.9 Å². The minimum absolute atomic E-state index is 0.246. The fourth-order valence-electron chi connectivity index (χ4n) is 3.89. The normalized spacial score (nSPS) is 16.7. The van der Waals surface area contributed by atoms with E-state index in [-0.39, 0.29) is 5.91 Å². The lowest BCUT2D eigenvalue weighted by molar-refractivity contribution is 0.102. The van der Waals surface area contributed by atoms with Crippen LogP contribution in [-0.2, 0) is 9.47 Å². The zero-order valence-corrected chi connectivity index (χ0v) is 18.1. The third-order valence-electron chi connectivity index (χ3n) is 5.61. The number of amides is 1. The minimum atomic E-state index is -0.246.